The van der Waals surface area contributed by atoms with Gasteiger partial charge in [-0.25, -0.2) is 4.39 Å². The number of hydrogen-bond donors (Lipinski definition) is 0. The molecule has 21 heavy (non-hydrogen) atoms. The largest absolute Gasteiger partial charge is 0.308 e. The Morgan fingerprint density at radius 2 is 1.48 bits per heavy atom. The van der Waals surface area contributed by atoms with Crippen LogP contribution in [0, 0.1) is 9.39 Å². The lowest BCUT2D eigenvalue weighted by Gasteiger charge is -2.08. The molecule has 0 unspecified atom stereocenters. The molecule has 0 spiro atoms. The molecule has 0 bridgehead atoms. The number of rotatable bonds is 1. The van der Waals surface area contributed by atoms with Gasteiger partial charge in [0.25, 0.3) is 0 Å². The Kier molecular flexibility index (Phi) is 2.96. The summed E-state index contributed by atoms with van der Waals surface area (Å²) in [5.41, 5.74) is 3.29. The smallest absolute Gasteiger partial charge is 0.123 e. The van der Waals surface area contributed by atoms with Gasteiger partial charge in [-0.05, 0) is 59.0 Å². The van der Waals surface area contributed by atoms with E-state index in [9.17, 15) is 4.39 Å². The molecule has 0 aliphatic heterocycles. The zero-order chi connectivity index (χ0) is 14.4. The minimum absolute atomic E-state index is 0.214. The SMILES string of the molecule is Fc1ccc(-n2c3ccccc3c3cccc(I)c32)cc1. The fraction of sp³-hybridized carbons (Fsp3) is 0. The van der Waals surface area contributed by atoms with Gasteiger partial charge in [0.15, 0.2) is 0 Å². The number of hydrogen-bond acceptors (Lipinski definition) is 0. The maximum absolute atomic E-state index is 13.2. The van der Waals surface area contributed by atoms with E-state index in [0.717, 1.165) is 11.2 Å². The normalized spacial score (nSPS) is 11.3. The topological polar surface area (TPSA) is 4.93 Å². The third kappa shape index (κ3) is 1.95. The van der Waals surface area contributed by atoms with Crippen LogP contribution in [0.5, 0.6) is 0 Å². The molecule has 0 N–H and O–H groups in total. The number of halogens is 2. The number of para-hydroxylation sites is 2. The third-order valence-electron chi connectivity index (χ3n) is 3.73. The number of fused-ring (bicyclic) bond motifs is 3. The molecule has 0 atom stereocenters. The second kappa shape index (κ2) is 4.84. The van der Waals surface area contributed by atoms with Gasteiger partial charge in [-0.1, -0.05) is 30.3 Å². The maximum atomic E-state index is 13.2. The molecule has 4 aromatic rings. The summed E-state index contributed by atoms with van der Waals surface area (Å²) in [7, 11) is 0. The standard InChI is InChI=1S/C18H11FIN/c19-12-8-10-13(11-9-12)21-17-7-2-1-4-14(17)15-5-3-6-16(20)18(15)21/h1-11H. The third-order valence-corrected chi connectivity index (χ3v) is 4.60. The number of benzene rings is 3. The van der Waals surface area contributed by atoms with Crippen molar-refractivity contribution >= 4 is 44.4 Å². The van der Waals surface area contributed by atoms with Crippen LogP contribution >= 0.6 is 22.6 Å². The lowest BCUT2D eigenvalue weighted by molar-refractivity contribution is 0.627. The molecule has 0 saturated heterocycles. The summed E-state index contributed by atoms with van der Waals surface area (Å²) in [6, 6.07) is 21.3. The average molecular weight is 387 g/mol. The first-order valence-corrected chi connectivity index (χ1v) is 7.77. The minimum atomic E-state index is -0.214. The van der Waals surface area contributed by atoms with Gasteiger partial charge in [0.1, 0.15) is 5.82 Å². The first-order valence-electron chi connectivity index (χ1n) is 6.69. The average Bonchev–Trinajstić information content (AvgIpc) is 2.84. The van der Waals surface area contributed by atoms with Crippen LogP contribution in [0.15, 0.2) is 66.7 Å². The van der Waals surface area contributed by atoms with Crippen molar-refractivity contribution in [2.45, 2.75) is 0 Å². The van der Waals surface area contributed by atoms with Crippen molar-refractivity contribution in [1.82, 2.24) is 4.57 Å². The van der Waals surface area contributed by atoms with Crippen molar-refractivity contribution in [3.05, 3.63) is 76.1 Å². The van der Waals surface area contributed by atoms with Gasteiger partial charge in [0, 0.05) is 20.0 Å². The van der Waals surface area contributed by atoms with Gasteiger partial charge in [-0.15, -0.1) is 0 Å². The molecular weight excluding hydrogens is 376 g/mol. The van der Waals surface area contributed by atoms with Crippen LogP contribution < -0.4 is 0 Å². The number of nitrogens with zero attached hydrogens (tertiary/aromatic N) is 1. The second-order valence-electron chi connectivity index (χ2n) is 4.96. The molecule has 1 heterocycles. The molecule has 0 aliphatic rings. The Balaban J connectivity index is 2.21. The predicted octanol–water partition coefficient (Wildman–Crippen LogP) is 5.53. The van der Waals surface area contributed by atoms with Gasteiger partial charge in [-0.3, -0.25) is 0 Å². The minimum Gasteiger partial charge on any atom is -0.308 e. The van der Waals surface area contributed by atoms with E-state index >= 15 is 0 Å². The van der Waals surface area contributed by atoms with Crippen LogP contribution in [0.4, 0.5) is 4.39 Å². The predicted molar refractivity (Wildman–Crippen MR) is 93.5 cm³/mol. The van der Waals surface area contributed by atoms with E-state index in [1.807, 2.05) is 18.2 Å². The molecule has 102 valence electrons. The summed E-state index contributed by atoms with van der Waals surface area (Å²) >= 11 is 2.36. The Hall–Kier alpha value is -1.88. The highest BCUT2D eigenvalue weighted by molar-refractivity contribution is 14.1. The fourth-order valence-corrected chi connectivity index (χ4v) is 3.57. The lowest BCUT2D eigenvalue weighted by atomic mass is 10.2. The van der Waals surface area contributed by atoms with Gasteiger partial charge < -0.3 is 4.57 Å². The van der Waals surface area contributed by atoms with Crippen LogP contribution in [0.1, 0.15) is 0 Å². The van der Waals surface area contributed by atoms with E-state index in [0.29, 0.717) is 0 Å². The van der Waals surface area contributed by atoms with Gasteiger partial charge >= 0.3 is 0 Å². The van der Waals surface area contributed by atoms with Crippen LogP contribution in [-0.4, -0.2) is 4.57 Å². The molecule has 0 fully saturated rings. The lowest BCUT2D eigenvalue weighted by Crippen LogP contribution is -1.95. The molecule has 0 aliphatic carbocycles. The van der Waals surface area contributed by atoms with Crippen molar-refractivity contribution in [3.8, 4) is 5.69 Å². The molecule has 3 heteroatoms. The van der Waals surface area contributed by atoms with E-state index in [1.165, 1.54) is 32.0 Å². The monoisotopic (exact) mass is 387 g/mol. The zero-order valence-electron chi connectivity index (χ0n) is 11.1. The van der Waals surface area contributed by atoms with Gasteiger partial charge in [-0.2, -0.15) is 0 Å². The van der Waals surface area contributed by atoms with Crippen molar-refractivity contribution in [1.29, 1.82) is 0 Å². The molecule has 0 amide bonds. The summed E-state index contributed by atoms with van der Waals surface area (Å²) in [6.45, 7) is 0. The Morgan fingerprint density at radius 1 is 0.762 bits per heavy atom. The maximum Gasteiger partial charge on any atom is 0.123 e. The van der Waals surface area contributed by atoms with Crippen molar-refractivity contribution in [3.63, 3.8) is 0 Å². The van der Waals surface area contributed by atoms with Gasteiger partial charge in [0.05, 0.1) is 11.0 Å². The van der Waals surface area contributed by atoms with E-state index in [2.05, 4.69) is 63.6 Å². The molecule has 3 aromatic carbocycles. The second-order valence-corrected chi connectivity index (χ2v) is 6.13. The van der Waals surface area contributed by atoms with Crippen molar-refractivity contribution in [2.75, 3.05) is 0 Å². The van der Waals surface area contributed by atoms with Gasteiger partial charge in [0.2, 0.25) is 0 Å². The Morgan fingerprint density at radius 3 is 2.29 bits per heavy atom. The summed E-state index contributed by atoms with van der Waals surface area (Å²) < 4.78 is 16.6. The quantitative estimate of drug-likeness (QED) is 0.379. The Bertz CT molecular complexity index is 954. The first-order chi connectivity index (χ1) is 10.3. The van der Waals surface area contributed by atoms with Crippen molar-refractivity contribution in [2.24, 2.45) is 0 Å². The zero-order valence-corrected chi connectivity index (χ0v) is 13.2. The molecule has 1 nitrogen and oxygen atoms in total. The van der Waals surface area contributed by atoms with Crippen LogP contribution in [-0.2, 0) is 0 Å². The van der Waals surface area contributed by atoms with E-state index in [-0.39, 0.29) is 5.82 Å². The number of aromatic nitrogens is 1. The highest BCUT2D eigenvalue weighted by atomic mass is 127. The Labute approximate surface area is 135 Å². The highest BCUT2D eigenvalue weighted by Crippen LogP contribution is 2.34. The van der Waals surface area contributed by atoms with Crippen LogP contribution in [0.25, 0.3) is 27.5 Å². The molecule has 0 radical (unpaired) electrons. The molecule has 0 saturated carbocycles. The van der Waals surface area contributed by atoms with E-state index in [1.54, 1.807) is 0 Å². The molecular formula is C18H11FIN. The molecule has 4 rings (SSSR count). The first kappa shape index (κ1) is 12.8. The highest BCUT2D eigenvalue weighted by Gasteiger charge is 2.13. The van der Waals surface area contributed by atoms with Crippen LogP contribution in [0.3, 0.4) is 0 Å². The summed E-state index contributed by atoms with van der Waals surface area (Å²) in [5, 5.41) is 2.44. The van der Waals surface area contributed by atoms with E-state index < -0.39 is 0 Å². The molecule has 1 aromatic heterocycles. The summed E-state index contributed by atoms with van der Waals surface area (Å²) in [5.74, 6) is -0.214. The van der Waals surface area contributed by atoms with Crippen LogP contribution in [0.2, 0.25) is 0 Å². The summed E-state index contributed by atoms with van der Waals surface area (Å²) in [4.78, 5) is 0. The van der Waals surface area contributed by atoms with Crippen molar-refractivity contribution < 1.29 is 4.39 Å². The van der Waals surface area contributed by atoms with E-state index in [4.69, 9.17) is 0 Å². The fourth-order valence-electron chi connectivity index (χ4n) is 2.84. The summed E-state index contributed by atoms with van der Waals surface area (Å²) in [6.07, 6.45) is 0.